The molecule has 1 aliphatic heterocycles. The van der Waals surface area contributed by atoms with E-state index in [1.807, 2.05) is 104 Å². The minimum absolute atomic E-state index is 0.0402. The summed E-state index contributed by atoms with van der Waals surface area (Å²) in [6, 6.07) is 25.8. The number of ketones is 1. The first kappa shape index (κ1) is 27.4. The molecule has 38 heavy (non-hydrogen) atoms. The zero-order valence-corrected chi connectivity index (χ0v) is 22.3. The molecule has 6 heteroatoms. The summed E-state index contributed by atoms with van der Waals surface area (Å²) >= 11 is 0. The van der Waals surface area contributed by atoms with Crippen molar-refractivity contribution in [1.29, 1.82) is 0 Å². The molecule has 0 radical (unpaired) electrons. The second-order valence-corrected chi connectivity index (χ2v) is 10.2. The standard InChI is InChI=1S/C32H37N3O3/c1-3-23(2)30(33)32(38)35(21-24-11-6-4-7-12-24)31(37)28-15-10-20-34(28)22-29(36)27-18-16-26(17-19-27)25-13-8-5-9-14-25/h4-9,11-14,16-19,23,28,30H,3,10,15,20-22,33H2,1-2H3/t23-,28-,30-/m0/s1. The number of imide groups is 1. The molecule has 4 rings (SSSR count). The van der Waals surface area contributed by atoms with E-state index in [2.05, 4.69) is 0 Å². The Hall–Kier alpha value is -3.61. The highest BCUT2D eigenvalue weighted by Crippen LogP contribution is 2.24. The van der Waals surface area contributed by atoms with Crippen molar-refractivity contribution in [1.82, 2.24) is 9.80 Å². The summed E-state index contributed by atoms with van der Waals surface area (Å²) in [5.41, 5.74) is 9.91. The van der Waals surface area contributed by atoms with Gasteiger partial charge in [-0.05, 0) is 42.0 Å². The van der Waals surface area contributed by atoms with E-state index in [0.29, 0.717) is 18.5 Å². The number of carbonyl (C=O) groups excluding carboxylic acids is 3. The van der Waals surface area contributed by atoms with Crippen molar-refractivity contribution < 1.29 is 14.4 Å². The first-order valence-electron chi connectivity index (χ1n) is 13.5. The first-order valence-corrected chi connectivity index (χ1v) is 13.5. The third kappa shape index (κ3) is 6.44. The molecule has 0 unspecified atom stereocenters. The van der Waals surface area contributed by atoms with Crippen molar-refractivity contribution in [2.45, 2.75) is 51.7 Å². The van der Waals surface area contributed by atoms with Crippen LogP contribution in [-0.4, -0.2) is 52.6 Å². The Balaban J connectivity index is 1.49. The molecule has 198 valence electrons. The molecule has 0 aromatic heterocycles. The summed E-state index contributed by atoms with van der Waals surface area (Å²) in [6.07, 6.45) is 2.14. The second kappa shape index (κ2) is 12.8. The number of nitrogens with two attached hydrogens (primary N) is 1. The van der Waals surface area contributed by atoms with E-state index in [-0.39, 0.29) is 36.6 Å². The number of hydrogen-bond acceptors (Lipinski definition) is 5. The van der Waals surface area contributed by atoms with Crippen LogP contribution in [0.4, 0.5) is 0 Å². The van der Waals surface area contributed by atoms with E-state index in [1.165, 1.54) is 4.90 Å². The van der Waals surface area contributed by atoms with Gasteiger partial charge in [0.2, 0.25) is 11.8 Å². The molecule has 6 nitrogen and oxygen atoms in total. The van der Waals surface area contributed by atoms with Gasteiger partial charge in [-0.3, -0.25) is 24.2 Å². The van der Waals surface area contributed by atoms with E-state index >= 15 is 0 Å². The molecular weight excluding hydrogens is 474 g/mol. The number of hydrogen-bond donors (Lipinski definition) is 1. The lowest BCUT2D eigenvalue weighted by Crippen LogP contribution is -2.54. The fourth-order valence-corrected chi connectivity index (χ4v) is 4.94. The van der Waals surface area contributed by atoms with E-state index in [4.69, 9.17) is 5.73 Å². The summed E-state index contributed by atoms with van der Waals surface area (Å²) < 4.78 is 0. The van der Waals surface area contributed by atoms with Crippen molar-refractivity contribution in [3.63, 3.8) is 0 Å². The molecule has 2 N–H and O–H groups in total. The number of carbonyl (C=O) groups is 3. The number of Topliss-reactive ketones (excluding diaryl/α,β-unsaturated/α-hetero) is 1. The van der Waals surface area contributed by atoms with Gasteiger partial charge in [-0.15, -0.1) is 0 Å². The lowest BCUT2D eigenvalue weighted by molar-refractivity contribution is -0.149. The molecule has 1 fully saturated rings. The lowest BCUT2D eigenvalue weighted by Gasteiger charge is -2.31. The van der Waals surface area contributed by atoms with Gasteiger partial charge >= 0.3 is 0 Å². The average Bonchev–Trinajstić information content (AvgIpc) is 3.43. The topological polar surface area (TPSA) is 83.7 Å². The minimum Gasteiger partial charge on any atom is -0.320 e. The number of nitrogens with zero attached hydrogens (tertiary/aromatic N) is 2. The molecule has 0 bridgehead atoms. The Morgan fingerprint density at radius 3 is 2.16 bits per heavy atom. The number of benzene rings is 3. The quantitative estimate of drug-likeness (QED) is 0.390. The predicted octanol–water partition coefficient (Wildman–Crippen LogP) is 4.93. The van der Waals surface area contributed by atoms with Crippen LogP contribution in [0.3, 0.4) is 0 Å². The van der Waals surface area contributed by atoms with Gasteiger partial charge < -0.3 is 5.73 Å². The fourth-order valence-electron chi connectivity index (χ4n) is 4.94. The summed E-state index contributed by atoms with van der Waals surface area (Å²) in [7, 11) is 0. The van der Waals surface area contributed by atoms with Gasteiger partial charge in [-0.25, -0.2) is 0 Å². The maximum atomic E-state index is 13.8. The predicted molar refractivity (Wildman–Crippen MR) is 150 cm³/mol. The SMILES string of the molecule is CC[C@H](C)[C@H](N)C(=O)N(Cc1ccccc1)C(=O)[C@@H]1CCCN1CC(=O)c1ccc(-c2ccccc2)cc1. The van der Waals surface area contributed by atoms with Crippen molar-refractivity contribution >= 4 is 17.6 Å². The van der Waals surface area contributed by atoms with Gasteiger partial charge in [0.15, 0.2) is 5.78 Å². The summed E-state index contributed by atoms with van der Waals surface area (Å²) in [4.78, 5) is 43.7. The number of rotatable bonds is 10. The molecule has 3 aromatic carbocycles. The fraction of sp³-hybridized carbons (Fsp3) is 0.344. The number of likely N-dealkylation sites (tertiary alicyclic amines) is 1. The lowest BCUT2D eigenvalue weighted by atomic mass is 9.98. The summed E-state index contributed by atoms with van der Waals surface area (Å²) in [6.45, 7) is 4.85. The largest absolute Gasteiger partial charge is 0.320 e. The van der Waals surface area contributed by atoms with Crippen LogP contribution in [0.15, 0.2) is 84.9 Å². The molecule has 0 aliphatic carbocycles. The van der Waals surface area contributed by atoms with E-state index in [9.17, 15) is 14.4 Å². The molecule has 1 aliphatic rings. The highest BCUT2D eigenvalue weighted by molar-refractivity contribution is 6.01. The van der Waals surface area contributed by atoms with Crippen molar-refractivity contribution in [3.05, 3.63) is 96.1 Å². The Kier molecular flexibility index (Phi) is 9.21. The summed E-state index contributed by atoms with van der Waals surface area (Å²) in [5.74, 6) is -0.722. The molecule has 0 saturated carbocycles. The van der Waals surface area contributed by atoms with Crippen molar-refractivity contribution in [2.24, 2.45) is 11.7 Å². The average molecular weight is 512 g/mol. The molecule has 1 saturated heterocycles. The highest BCUT2D eigenvalue weighted by atomic mass is 16.2. The summed E-state index contributed by atoms with van der Waals surface area (Å²) in [5, 5.41) is 0. The molecule has 3 aromatic rings. The molecule has 3 atom stereocenters. The van der Waals surface area contributed by atoms with Crippen LogP contribution in [0.2, 0.25) is 0 Å². The highest BCUT2D eigenvalue weighted by Gasteiger charge is 2.38. The van der Waals surface area contributed by atoms with Gasteiger partial charge in [-0.1, -0.05) is 105 Å². The maximum absolute atomic E-state index is 13.8. The monoisotopic (exact) mass is 511 g/mol. The molecular formula is C32H37N3O3. The zero-order chi connectivity index (χ0) is 27.1. The zero-order valence-electron chi connectivity index (χ0n) is 22.3. The Labute approximate surface area is 225 Å². The van der Waals surface area contributed by atoms with Crippen molar-refractivity contribution in [2.75, 3.05) is 13.1 Å². The molecule has 1 heterocycles. The molecule has 0 spiro atoms. The van der Waals surface area contributed by atoms with Crippen LogP contribution in [0.5, 0.6) is 0 Å². The Morgan fingerprint density at radius 1 is 0.921 bits per heavy atom. The van der Waals surface area contributed by atoms with Crippen molar-refractivity contribution in [3.8, 4) is 11.1 Å². The smallest absolute Gasteiger partial charge is 0.246 e. The van der Waals surface area contributed by atoms with Crippen LogP contribution in [-0.2, 0) is 16.1 Å². The van der Waals surface area contributed by atoms with Crippen LogP contribution < -0.4 is 5.73 Å². The molecule has 2 amide bonds. The first-order chi connectivity index (χ1) is 18.4. The van der Waals surface area contributed by atoms with Crippen LogP contribution >= 0.6 is 0 Å². The third-order valence-corrected chi connectivity index (χ3v) is 7.57. The van der Waals surface area contributed by atoms with Gasteiger partial charge in [0.1, 0.15) is 0 Å². The maximum Gasteiger partial charge on any atom is 0.246 e. The normalized spacial score (nSPS) is 17.1. The van der Waals surface area contributed by atoms with Gasteiger partial charge in [-0.2, -0.15) is 0 Å². The van der Waals surface area contributed by atoms with Gasteiger partial charge in [0.25, 0.3) is 0 Å². The van der Waals surface area contributed by atoms with Crippen LogP contribution in [0.1, 0.15) is 49.0 Å². The Morgan fingerprint density at radius 2 is 1.53 bits per heavy atom. The van der Waals surface area contributed by atoms with Gasteiger partial charge in [0, 0.05) is 5.56 Å². The third-order valence-electron chi connectivity index (χ3n) is 7.57. The van der Waals surface area contributed by atoms with Crippen LogP contribution in [0.25, 0.3) is 11.1 Å². The number of amides is 2. The van der Waals surface area contributed by atoms with E-state index in [1.54, 1.807) is 0 Å². The second-order valence-electron chi connectivity index (χ2n) is 10.2. The van der Waals surface area contributed by atoms with Crippen LogP contribution in [0, 0.1) is 5.92 Å². The van der Waals surface area contributed by atoms with Gasteiger partial charge in [0.05, 0.1) is 25.2 Å². The minimum atomic E-state index is -0.757. The van der Waals surface area contributed by atoms with E-state index in [0.717, 1.165) is 29.5 Å². The van der Waals surface area contributed by atoms with E-state index < -0.39 is 12.1 Å². The Bertz CT molecular complexity index is 1230.